The molecule has 0 spiro atoms. The summed E-state index contributed by atoms with van der Waals surface area (Å²) >= 11 is 7.40. The van der Waals surface area contributed by atoms with Crippen LogP contribution < -0.4 is 0 Å². The first-order chi connectivity index (χ1) is 7.54. The molecule has 0 amide bonds. The zero-order valence-electron chi connectivity index (χ0n) is 9.69. The van der Waals surface area contributed by atoms with E-state index in [-0.39, 0.29) is 5.92 Å². The highest BCUT2D eigenvalue weighted by atomic mass is 35.5. The van der Waals surface area contributed by atoms with Gasteiger partial charge in [-0.2, -0.15) is 0 Å². The van der Waals surface area contributed by atoms with Crippen molar-refractivity contribution in [2.45, 2.75) is 51.2 Å². The van der Waals surface area contributed by atoms with Gasteiger partial charge in [0.05, 0.1) is 16.5 Å². The molecular weight excluding hydrogens is 244 g/mol. The van der Waals surface area contributed by atoms with Crippen molar-refractivity contribution in [1.82, 2.24) is 0 Å². The molecule has 92 valence electrons. The summed E-state index contributed by atoms with van der Waals surface area (Å²) in [5.41, 5.74) is 0. The van der Waals surface area contributed by atoms with E-state index in [1.165, 1.54) is 11.3 Å². The minimum atomic E-state index is -0.643. The maximum absolute atomic E-state index is 9.81. The van der Waals surface area contributed by atoms with E-state index in [0.717, 1.165) is 15.6 Å². The number of rotatable bonds is 6. The molecule has 2 N–H and O–H groups in total. The Morgan fingerprint density at radius 3 is 2.50 bits per heavy atom. The van der Waals surface area contributed by atoms with E-state index >= 15 is 0 Å². The Balaban J connectivity index is 2.47. The van der Waals surface area contributed by atoms with Crippen LogP contribution in [0.5, 0.6) is 0 Å². The van der Waals surface area contributed by atoms with Crippen molar-refractivity contribution < 1.29 is 10.2 Å². The molecule has 0 aliphatic heterocycles. The Hall–Kier alpha value is -0.0900. The van der Waals surface area contributed by atoms with E-state index in [1.54, 1.807) is 0 Å². The monoisotopic (exact) mass is 262 g/mol. The minimum Gasteiger partial charge on any atom is -0.390 e. The van der Waals surface area contributed by atoms with Gasteiger partial charge in [-0.25, -0.2) is 0 Å². The molecular formula is C12H19ClO2S. The molecule has 1 heterocycles. The second-order valence-corrected chi connectivity index (χ2v) is 5.95. The van der Waals surface area contributed by atoms with E-state index in [2.05, 4.69) is 0 Å². The summed E-state index contributed by atoms with van der Waals surface area (Å²) in [6.45, 7) is 4.04. The fraction of sp³-hybridized carbons (Fsp3) is 0.667. The lowest BCUT2D eigenvalue weighted by Crippen LogP contribution is -2.26. The van der Waals surface area contributed by atoms with E-state index < -0.39 is 12.2 Å². The molecule has 2 nitrogen and oxygen atoms in total. The summed E-state index contributed by atoms with van der Waals surface area (Å²) in [6.07, 6.45) is 0.868. The fourth-order valence-electron chi connectivity index (χ4n) is 1.72. The predicted octanol–water partition coefficient (Wildman–Crippen LogP) is 3.42. The molecule has 1 aromatic heterocycles. The maximum Gasteiger partial charge on any atom is 0.0931 e. The van der Waals surface area contributed by atoms with Crippen LogP contribution in [0, 0.1) is 0 Å². The minimum absolute atomic E-state index is 0.235. The molecule has 4 heteroatoms. The van der Waals surface area contributed by atoms with Gasteiger partial charge in [0.2, 0.25) is 0 Å². The molecule has 0 radical (unpaired) electrons. The topological polar surface area (TPSA) is 40.5 Å². The second kappa shape index (κ2) is 6.60. The third kappa shape index (κ3) is 4.06. The van der Waals surface area contributed by atoms with Gasteiger partial charge in [0, 0.05) is 4.88 Å². The smallest absolute Gasteiger partial charge is 0.0931 e. The lowest BCUT2D eigenvalue weighted by atomic mass is 9.97. The molecule has 0 aliphatic carbocycles. The quantitative estimate of drug-likeness (QED) is 0.825. The van der Waals surface area contributed by atoms with Gasteiger partial charge in [0.1, 0.15) is 0 Å². The van der Waals surface area contributed by atoms with Gasteiger partial charge in [-0.1, -0.05) is 31.9 Å². The highest BCUT2D eigenvalue weighted by Crippen LogP contribution is 2.31. The highest BCUT2D eigenvalue weighted by Gasteiger charge is 2.19. The van der Waals surface area contributed by atoms with E-state index in [9.17, 15) is 10.2 Å². The Kier molecular flexibility index (Phi) is 5.76. The number of hydrogen-bond donors (Lipinski definition) is 2. The number of aliphatic hydroxyl groups is 2. The normalized spacial score (nSPS) is 17.1. The van der Waals surface area contributed by atoms with Gasteiger partial charge < -0.3 is 10.2 Å². The molecule has 1 aromatic rings. The summed E-state index contributed by atoms with van der Waals surface area (Å²) in [4.78, 5) is 1.16. The van der Waals surface area contributed by atoms with Gasteiger partial charge in [-0.05, 0) is 30.9 Å². The van der Waals surface area contributed by atoms with E-state index in [1.807, 2.05) is 26.0 Å². The molecule has 0 fully saturated rings. The SMILES string of the molecule is CCCC(O)C(O)CC(C)c1ccc(Cl)s1. The van der Waals surface area contributed by atoms with Crippen molar-refractivity contribution in [3.8, 4) is 0 Å². The molecule has 3 atom stereocenters. The van der Waals surface area contributed by atoms with Crippen LogP contribution in [0.15, 0.2) is 12.1 Å². The van der Waals surface area contributed by atoms with Gasteiger partial charge in [0.15, 0.2) is 0 Å². The Morgan fingerprint density at radius 2 is 2.00 bits per heavy atom. The first-order valence-electron chi connectivity index (χ1n) is 5.66. The first kappa shape index (κ1) is 14.0. The number of aliphatic hydroxyl groups excluding tert-OH is 2. The molecule has 1 rings (SSSR count). The zero-order chi connectivity index (χ0) is 12.1. The summed E-state index contributed by atoms with van der Waals surface area (Å²) < 4.78 is 0.769. The van der Waals surface area contributed by atoms with Crippen molar-refractivity contribution in [3.05, 3.63) is 21.3 Å². The molecule has 16 heavy (non-hydrogen) atoms. The van der Waals surface area contributed by atoms with Crippen molar-refractivity contribution in [2.75, 3.05) is 0 Å². The first-order valence-corrected chi connectivity index (χ1v) is 6.85. The molecule has 3 unspecified atom stereocenters. The Bertz CT molecular complexity index is 314. The maximum atomic E-state index is 9.81. The summed E-state index contributed by atoms with van der Waals surface area (Å²) in [6, 6.07) is 3.85. The van der Waals surface area contributed by atoms with Gasteiger partial charge in [-0.3, -0.25) is 0 Å². The number of hydrogen-bond acceptors (Lipinski definition) is 3. The van der Waals surface area contributed by atoms with E-state index in [4.69, 9.17) is 11.6 Å². The van der Waals surface area contributed by atoms with Gasteiger partial charge in [-0.15, -0.1) is 11.3 Å². The average molecular weight is 263 g/mol. The number of thiophene rings is 1. The Labute approximate surface area is 106 Å². The average Bonchev–Trinajstić information content (AvgIpc) is 2.65. The predicted molar refractivity (Wildman–Crippen MR) is 69.3 cm³/mol. The van der Waals surface area contributed by atoms with Crippen LogP contribution in [0.3, 0.4) is 0 Å². The third-order valence-electron chi connectivity index (χ3n) is 2.70. The molecule has 0 bridgehead atoms. The standard InChI is InChI=1S/C12H19ClO2S/c1-3-4-9(14)10(15)7-8(2)11-5-6-12(13)16-11/h5-6,8-10,14-15H,3-4,7H2,1-2H3. The van der Waals surface area contributed by atoms with Crippen LogP contribution in [-0.2, 0) is 0 Å². The van der Waals surface area contributed by atoms with Crippen molar-refractivity contribution in [3.63, 3.8) is 0 Å². The molecule has 0 aromatic carbocycles. The van der Waals surface area contributed by atoms with Crippen molar-refractivity contribution in [1.29, 1.82) is 0 Å². The van der Waals surface area contributed by atoms with Crippen molar-refractivity contribution >= 4 is 22.9 Å². The van der Waals surface area contributed by atoms with Gasteiger partial charge in [0.25, 0.3) is 0 Å². The van der Waals surface area contributed by atoms with Crippen LogP contribution >= 0.6 is 22.9 Å². The lowest BCUT2D eigenvalue weighted by molar-refractivity contribution is 0.00653. The molecule has 0 aliphatic rings. The van der Waals surface area contributed by atoms with Crippen molar-refractivity contribution in [2.24, 2.45) is 0 Å². The Morgan fingerprint density at radius 1 is 1.31 bits per heavy atom. The largest absolute Gasteiger partial charge is 0.390 e. The fourth-order valence-corrected chi connectivity index (χ4v) is 2.84. The third-order valence-corrected chi connectivity index (χ3v) is 4.17. The summed E-state index contributed by atoms with van der Waals surface area (Å²) in [5, 5.41) is 19.5. The van der Waals surface area contributed by atoms with Crippen LogP contribution in [-0.4, -0.2) is 22.4 Å². The zero-order valence-corrected chi connectivity index (χ0v) is 11.3. The second-order valence-electron chi connectivity index (χ2n) is 4.20. The van der Waals surface area contributed by atoms with E-state index in [0.29, 0.717) is 12.8 Å². The van der Waals surface area contributed by atoms with Crippen LogP contribution in [0.4, 0.5) is 0 Å². The molecule has 0 saturated heterocycles. The molecule has 0 saturated carbocycles. The highest BCUT2D eigenvalue weighted by molar-refractivity contribution is 7.16. The van der Waals surface area contributed by atoms with Crippen LogP contribution in [0.1, 0.15) is 43.9 Å². The van der Waals surface area contributed by atoms with Crippen LogP contribution in [0.2, 0.25) is 4.34 Å². The van der Waals surface area contributed by atoms with Gasteiger partial charge >= 0.3 is 0 Å². The summed E-state index contributed by atoms with van der Waals surface area (Å²) in [7, 11) is 0. The summed E-state index contributed by atoms with van der Waals surface area (Å²) in [5.74, 6) is 0.235. The lowest BCUT2D eigenvalue weighted by Gasteiger charge is -2.20. The van der Waals surface area contributed by atoms with Crippen LogP contribution in [0.25, 0.3) is 0 Å². The number of halogens is 1.